The minimum atomic E-state index is -0.422. The zero-order chi connectivity index (χ0) is 17.7. The molecule has 0 atom stereocenters. The molecule has 0 aliphatic rings. The van der Waals surface area contributed by atoms with Gasteiger partial charge in [-0.1, -0.05) is 18.3 Å². The van der Waals surface area contributed by atoms with Gasteiger partial charge in [-0.15, -0.1) is 0 Å². The number of esters is 1. The number of benzene rings is 1. The van der Waals surface area contributed by atoms with E-state index in [1.165, 1.54) is 0 Å². The molecule has 1 amide bonds. The number of nitriles is 1. The largest absolute Gasteiger partial charge is 0.462 e. The van der Waals surface area contributed by atoms with Crippen LogP contribution < -0.4 is 4.80 Å². The van der Waals surface area contributed by atoms with Gasteiger partial charge in [0.25, 0.3) is 5.91 Å². The maximum absolute atomic E-state index is 12.3. The Bertz CT molecular complexity index is 870. The van der Waals surface area contributed by atoms with Crippen molar-refractivity contribution >= 4 is 23.2 Å². The summed E-state index contributed by atoms with van der Waals surface area (Å²) in [5.41, 5.74) is 1.65. The predicted octanol–water partition coefficient (Wildman–Crippen LogP) is 2.44. The van der Waals surface area contributed by atoms with Crippen LogP contribution in [0.1, 0.15) is 45.1 Å². The van der Waals surface area contributed by atoms with Gasteiger partial charge in [0.2, 0.25) is 0 Å². The average Bonchev–Trinajstić information content (AvgIpc) is 2.91. The molecular formula is C17H17N3O3S. The molecule has 6 nitrogen and oxygen atoms in total. The van der Waals surface area contributed by atoms with Gasteiger partial charge in [-0.25, -0.2) is 4.79 Å². The van der Waals surface area contributed by atoms with Gasteiger partial charge in [0.1, 0.15) is 4.88 Å². The minimum Gasteiger partial charge on any atom is -0.462 e. The zero-order valence-electron chi connectivity index (χ0n) is 13.7. The summed E-state index contributed by atoms with van der Waals surface area (Å²) < 4.78 is 6.79. The highest BCUT2D eigenvalue weighted by Crippen LogP contribution is 2.15. The molecule has 0 aliphatic heterocycles. The smallest absolute Gasteiger partial charge is 0.350 e. The average molecular weight is 343 g/mol. The molecule has 0 N–H and O–H groups in total. The Balaban J connectivity index is 2.43. The summed E-state index contributed by atoms with van der Waals surface area (Å²) in [6, 6.07) is 8.26. The van der Waals surface area contributed by atoms with Crippen LogP contribution in [0.3, 0.4) is 0 Å². The van der Waals surface area contributed by atoms with E-state index in [1.807, 2.05) is 13.0 Å². The number of rotatable bonds is 4. The van der Waals surface area contributed by atoms with Gasteiger partial charge in [-0.2, -0.15) is 10.3 Å². The molecule has 0 spiro atoms. The molecule has 0 bridgehead atoms. The van der Waals surface area contributed by atoms with Gasteiger partial charge in [0.05, 0.1) is 18.2 Å². The van der Waals surface area contributed by atoms with Crippen molar-refractivity contribution in [2.75, 3.05) is 6.61 Å². The van der Waals surface area contributed by atoms with Crippen molar-refractivity contribution in [3.8, 4) is 6.07 Å². The van der Waals surface area contributed by atoms with Gasteiger partial charge in [-0.05, 0) is 37.6 Å². The first-order valence-corrected chi connectivity index (χ1v) is 8.28. The third-order valence-electron chi connectivity index (χ3n) is 3.40. The Morgan fingerprint density at radius 3 is 2.50 bits per heavy atom. The van der Waals surface area contributed by atoms with Crippen LogP contribution in [0, 0.1) is 11.3 Å². The summed E-state index contributed by atoms with van der Waals surface area (Å²) in [5.74, 6) is -0.823. The van der Waals surface area contributed by atoms with E-state index in [9.17, 15) is 9.59 Å². The normalized spacial score (nSPS) is 11.2. The summed E-state index contributed by atoms with van der Waals surface area (Å²) in [6.45, 7) is 3.97. The van der Waals surface area contributed by atoms with E-state index in [2.05, 4.69) is 4.99 Å². The number of amides is 1. The van der Waals surface area contributed by atoms with Gasteiger partial charge in [0, 0.05) is 18.3 Å². The number of hydrogen-bond acceptors (Lipinski definition) is 5. The van der Waals surface area contributed by atoms with E-state index in [0.717, 1.165) is 17.0 Å². The molecule has 0 aliphatic carbocycles. The van der Waals surface area contributed by atoms with Crippen molar-refractivity contribution < 1.29 is 14.3 Å². The molecule has 0 fully saturated rings. The minimum absolute atomic E-state index is 0.292. The fraction of sp³-hybridized carbons (Fsp3) is 0.294. The molecule has 7 heteroatoms. The van der Waals surface area contributed by atoms with Crippen LogP contribution in [0.15, 0.2) is 29.3 Å². The zero-order valence-corrected chi connectivity index (χ0v) is 14.5. The monoisotopic (exact) mass is 343 g/mol. The van der Waals surface area contributed by atoms with Gasteiger partial charge in [0.15, 0.2) is 4.80 Å². The van der Waals surface area contributed by atoms with E-state index < -0.39 is 11.9 Å². The Morgan fingerprint density at radius 1 is 1.29 bits per heavy atom. The Labute approximate surface area is 143 Å². The summed E-state index contributed by atoms with van der Waals surface area (Å²) in [5, 5.41) is 8.79. The van der Waals surface area contributed by atoms with Crippen LogP contribution >= 0.6 is 11.3 Å². The number of aromatic nitrogens is 1. The molecule has 1 aromatic heterocycles. The van der Waals surface area contributed by atoms with Crippen molar-refractivity contribution in [2.45, 2.75) is 20.3 Å². The lowest BCUT2D eigenvalue weighted by Crippen LogP contribution is -2.15. The van der Waals surface area contributed by atoms with E-state index >= 15 is 0 Å². The number of ether oxygens (including phenoxy) is 1. The summed E-state index contributed by atoms with van der Waals surface area (Å²) in [6.07, 6.45) is 0.627. The van der Waals surface area contributed by atoms with Crippen LogP contribution in [0.5, 0.6) is 0 Å². The number of nitrogens with zero attached hydrogens (tertiary/aromatic N) is 3. The van der Waals surface area contributed by atoms with E-state index in [4.69, 9.17) is 10.00 Å². The molecule has 2 aromatic rings. The Kier molecular flexibility index (Phi) is 5.66. The second-order valence-corrected chi connectivity index (χ2v) is 5.88. The lowest BCUT2D eigenvalue weighted by atomic mass is 10.1. The SMILES string of the molecule is CCOC(=O)c1sc(=NC(=O)c2ccc(C#N)cc2)n(C)c1CC. The van der Waals surface area contributed by atoms with Crippen LogP contribution in [-0.2, 0) is 18.2 Å². The molecule has 0 radical (unpaired) electrons. The second kappa shape index (κ2) is 7.70. The molecule has 124 valence electrons. The third-order valence-corrected chi connectivity index (χ3v) is 4.56. The highest BCUT2D eigenvalue weighted by molar-refractivity contribution is 7.11. The Hall–Kier alpha value is -2.72. The molecular weight excluding hydrogens is 326 g/mol. The van der Waals surface area contributed by atoms with Crippen LogP contribution in [-0.4, -0.2) is 23.1 Å². The quantitative estimate of drug-likeness (QED) is 0.798. The standard InChI is InChI=1S/C17H17N3O3S/c1-4-13-14(16(22)23-5-2)24-17(20(13)3)19-15(21)12-8-6-11(10-18)7-9-12/h6-9H,4-5H2,1-3H3. The van der Waals surface area contributed by atoms with Crippen molar-refractivity contribution in [3.63, 3.8) is 0 Å². The Morgan fingerprint density at radius 2 is 1.96 bits per heavy atom. The molecule has 1 heterocycles. The number of carbonyl (C=O) groups is 2. The molecule has 2 rings (SSSR count). The van der Waals surface area contributed by atoms with Crippen molar-refractivity contribution in [1.29, 1.82) is 5.26 Å². The highest BCUT2D eigenvalue weighted by atomic mass is 32.1. The van der Waals surface area contributed by atoms with E-state index in [-0.39, 0.29) is 0 Å². The summed E-state index contributed by atoms with van der Waals surface area (Å²) >= 11 is 1.14. The van der Waals surface area contributed by atoms with Crippen LogP contribution in [0.4, 0.5) is 0 Å². The van der Waals surface area contributed by atoms with Crippen molar-refractivity contribution in [2.24, 2.45) is 12.0 Å². The molecule has 0 saturated heterocycles. The summed E-state index contributed by atoms with van der Waals surface area (Å²) in [7, 11) is 1.77. The summed E-state index contributed by atoms with van der Waals surface area (Å²) in [4.78, 5) is 29.3. The highest BCUT2D eigenvalue weighted by Gasteiger charge is 2.18. The molecule has 1 aromatic carbocycles. The van der Waals surface area contributed by atoms with Gasteiger partial charge < -0.3 is 9.30 Å². The fourth-order valence-corrected chi connectivity index (χ4v) is 3.28. The first-order valence-electron chi connectivity index (χ1n) is 7.46. The fourth-order valence-electron chi connectivity index (χ4n) is 2.18. The maximum Gasteiger partial charge on any atom is 0.350 e. The molecule has 0 unspecified atom stereocenters. The van der Waals surface area contributed by atoms with E-state index in [1.54, 1.807) is 42.8 Å². The van der Waals surface area contributed by atoms with E-state index in [0.29, 0.717) is 33.8 Å². The van der Waals surface area contributed by atoms with Crippen molar-refractivity contribution in [1.82, 2.24) is 4.57 Å². The third kappa shape index (κ3) is 3.60. The predicted molar refractivity (Wildman–Crippen MR) is 89.7 cm³/mol. The lowest BCUT2D eigenvalue weighted by molar-refractivity contribution is 0.0530. The maximum atomic E-state index is 12.3. The van der Waals surface area contributed by atoms with Gasteiger partial charge >= 0.3 is 5.97 Å². The topological polar surface area (TPSA) is 84.4 Å². The van der Waals surface area contributed by atoms with Crippen LogP contribution in [0.2, 0.25) is 0 Å². The molecule has 0 saturated carbocycles. The lowest BCUT2D eigenvalue weighted by Gasteiger charge is -2.02. The number of thiazole rings is 1. The number of carbonyl (C=O) groups excluding carboxylic acids is 2. The first kappa shape index (κ1) is 17.6. The van der Waals surface area contributed by atoms with Crippen LogP contribution in [0.25, 0.3) is 0 Å². The second-order valence-electron chi connectivity index (χ2n) is 4.90. The van der Waals surface area contributed by atoms with Crippen molar-refractivity contribution in [3.05, 3.63) is 50.8 Å². The molecule has 24 heavy (non-hydrogen) atoms. The van der Waals surface area contributed by atoms with Gasteiger partial charge in [-0.3, -0.25) is 4.79 Å². The number of hydrogen-bond donors (Lipinski definition) is 0. The first-order chi connectivity index (χ1) is 11.5.